The minimum atomic E-state index is -5.11. The SMILES string of the molecule is CC(=O)N1C[C@@H](O/N=C/CCc2ccccc2)C[C@H]1C(=O)N[C@@H](CC(C)C)C(=O)N[C@@H](Cc1cnc[nH]1)C(=O)NC1(C(=O)N[C@H](C(N)=O)[C@@H](C)OP(=O)(O)O)C[C@H]1O. The molecule has 58 heavy (non-hydrogen) atoms. The number of imidazole rings is 1. The normalized spacial score (nSPS) is 22.4. The Labute approximate surface area is 334 Å². The number of primary amides is 1. The largest absolute Gasteiger partial charge is 0.469 e. The minimum absolute atomic E-state index is 0.0912. The van der Waals surface area contributed by atoms with Crippen LogP contribution in [0.4, 0.5) is 0 Å². The van der Waals surface area contributed by atoms with Gasteiger partial charge in [-0.1, -0.05) is 49.3 Å². The van der Waals surface area contributed by atoms with Crippen molar-refractivity contribution in [2.75, 3.05) is 6.54 Å². The molecule has 0 spiro atoms. The third-order valence-corrected chi connectivity index (χ3v) is 10.3. The van der Waals surface area contributed by atoms with Crippen LogP contribution >= 0.6 is 7.82 Å². The van der Waals surface area contributed by atoms with Crippen LogP contribution in [0, 0.1) is 5.92 Å². The number of carbonyl (C=O) groups is 6. The molecule has 6 amide bonds. The van der Waals surface area contributed by atoms with Crippen LogP contribution in [0.3, 0.4) is 0 Å². The number of aromatic amines is 1. The Morgan fingerprint density at radius 1 is 1.09 bits per heavy atom. The Balaban J connectivity index is 1.45. The van der Waals surface area contributed by atoms with E-state index in [0.717, 1.165) is 18.9 Å². The highest BCUT2D eigenvalue weighted by molar-refractivity contribution is 7.46. The van der Waals surface area contributed by atoms with E-state index in [9.17, 15) is 38.4 Å². The first-order valence-corrected chi connectivity index (χ1v) is 20.2. The zero-order valence-corrected chi connectivity index (χ0v) is 33.5. The van der Waals surface area contributed by atoms with Gasteiger partial charge in [0.15, 0.2) is 0 Å². The third-order valence-electron chi connectivity index (χ3n) is 9.65. The summed E-state index contributed by atoms with van der Waals surface area (Å²) in [6, 6.07) is 4.45. The summed E-state index contributed by atoms with van der Waals surface area (Å²) in [5.74, 6) is -5.17. The molecule has 8 atom stereocenters. The Hall–Kier alpha value is -5.21. The molecule has 4 rings (SSSR count). The molecule has 1 aromatic heterocycles. The van der Waals surface area contributed by atoms with Crippen molar-refractivity contribution in [2.24, 2.45) is 16.8 Å². The second-order valence-corrected chi connectivity index (χ2v) is 16.0. The van der Waals surface area contributed by atoms with E-state index in [-0.39, 0.29) is 44.1 Å². The maximum Gasteiger partial charge on any atom is 0.469 e. The van der Waals surface area contributed by atoms with E-state index < -0.39 is 85.4 Å². The monoisotopic (exact) mass is 833 g/mol. The lowest BCUT2D eigenvalue weighted by Crippen LogP contribution is -2.62. The standard InChI is InChI=1S/C36H52N9O12P/c1-20(2)13-26(42-34(51)28-15-25(18-45(28)22(4)46)56-40-12-8-11-23-9-6-5-7-10-23)32(49)41-27(14-24-17-38-19-39-24)33(50)44-36(16-29(36)47)35(52)43-30(31(37)48)21(3)57-58(53,54)55/h5-7,9-10,12,17,19-21,25-30,47H,8,11,13-16,18H2,1-4H3,(H2,37,48)(H,38,39)(H,41,49)(H,42,51)(H,43,52)(H,44,50)(H2,53,54,55)/b40-12+/t21-,25+,26+,27+,28+,29-,30+,36?/m1/s1. The molecular weight excluding hydrogens is 781 g/mol. The summed E-state index contributed by atoms with van der Waals surface area (Å²) in [6.45, 7) is 6.12. The van der Waals surface area contributed by atoms with E-state index in [1.807, 2.05) is 44.2 Å². The predicted octanol–water partition coefficient (Wildman–Crippen LogP) is -1.32. The zero-order chi connectivity index (χ0) is 42.8. The van der Waals surface area contributed by atoms with Crippen molar-refractivity contribution < 1.29 is 57.6 Å². The molecule has 2 heterocycles. The van der Waals surface area contributed by atoms with E-state index in [1.165, 1.54) is 24.3 Å². The smallest absolute Gasteiger partial charge is 0.391 e. The number of aryl methyl sites for hydroxylation is 1. The van der Waals surface area contributed by atoms with Gasteiger partial charge in [0.1, 0.15) is 35.8 Å². The van der Waals surface area contributed by atoms with Gasteiger partial charge in [0.05, 0.1) is 25.1 Å². The number of hydrogen-bond acceptors (Lipinski definition) is 12. The summed E-state index contributed by atoms with van der Waals surface area (Å²) in [4.78, 5) is 112. The van der Waals surface area contributed by atoms with Crippen LogP contribution in [-0.4, -0.2) is 126 Å². The highest BCUT2D eigenvalue weighted by Gasteiger charge is 2.62. The van der Waals surface area contributed by atoms with Gasteiger partial charge in [-0.2, -0.15) is 0 Å². The maximum absolute atomic E-state index is 13.9. The molecule has 0 bridgehead atoms. The molecule has 1 aliphatic carbocycles. The molecule has 1 saturated heterocycles. The lowest BCUT2D eigenvalue weighted by molar-refractivity contribution is -0.139. The quantitative estimate of drug-likeness (QED) is 0.0401. The number of likely N-dealkylation sites (tertiary alicyclic amines) is 1. The van der Waals surface area contributed by atoms with Crippen molar-refractivity contribution in [1.29, 1.82) is 0 Å². The number of benzene rings is 1. The lowest BCUT2D eigenvalue weighted by atomic mass is 10.0. The number of hydrogen-bond donors (Lipinski definition) is 9. The molecule has 1 saturated carbocycles. The van der Waals surface area contributed by atoms with Crippen LogP contribution in [0.15, 0.2) is 48.0 Å². The molecule has 2 aromatic rings. The molecule has 1 aliphatic heterocycles. The van der Waals surface area contributed by atoms with Gasteiger partial charge < -0.3 is 56.6 Å². The van der Waals surface area contributed by atoms with Crippen LogP contribution < -0.4 is 27.0 Å². The minimum Gasteiger partial charge on any atom is -0.391 e. The number of phosphoric ester groups is 1. The number of aliphatic hydroxyl groups excluding tert-OH is 1. The van der Waals surface area contributed by atoms with Crippen molar-refractivity contribution in [3.05, 3.63) is 54.1 Å². The first kappa shape index (κ1) is 45.5. The number of carbonyl (C=O) groups excluding carboxylic acids is 6. The molecule has 2 fully saturated rings. The topological polar surface area (TPSA) is 317 Å². The van der Waals surface area contributed by atoms with Gasteiger partial charge in [-0.05, 0) is 37.7 Å². The van der Waals surface area contributed by atoms with Crippen LogP contribution in [0.5, 0.6) is 0 Å². The zero-order valence-electron chi connectivity index (χ0n) is 32.6. The van der Waals surface area contributed by atoms with Crippen molar-refractivity contribution in [3.63, 3.8) is 0 Å². The second kappa shape index (κ2) is 20.0. The van der Waals surface area contributed by atoms with Gasteiger partial charge in [0.25, 0.3) is 0 Å². The predicted molar refractivity (Wildman–Crippen MR) is 205 cm³/mol. The number of phosphoric acid groups is 1. The number of aromatic nitrogens is 2. The van der Waals surface area contributed by atoms with Crippen molar-refractivity contribution in [3.8, 4) is 0 Å². The Bertz CT molecular complexity index is 1840. The summed E-state index contributed by atoms with van der Waals surface area (Å²) in [5.41, 5.74) is 4.86. The number of oxime groups is 1. The summed E-state index contributed by atoms with van der Waals surface area (Å²) >= 11 is 0. The Morgan fingerprint density at radius 2 is 1.78 bits per heavy atom. The molecule has 0 radical (unpaired) electrons. The highest BCUT2D eigenvalue weighted by atomic mass is 31.2. The Kier molecular flexibility index (Phi) is 15.7. The molecule has 2 aliphatic rings. The molecule has 10 N–H and O–H groups in total. The van der Waals surface area contributed by atoms with Crippen LogP contribution in [0.1, 0.15) is 64.6 Å². The molecular formula is C36H52N9O12P. The number of amides is 6. The third kappa shape index (κ3) is 12.9. The number of nitrogens with two attached hydrogens (primary N) is 1. The van der Waals surface area contributed by atoms with Crippen molar-refractivity contribution >= 4 is 49.5 Å². The first-order valence-electron chi connectivity index (χ1n) is 18.7. The maximum atomic E-state index is 13.9. The first-order chi connectivity index (χ1) is 27.3. The van der Waals surface area contributed by atoms with Gasteiger partial charge >= 0.3 is 7.82 Å². The second-order valence-electron chi connectivity index (χ2n) is 14.8. The summed E-state index contributed by atoms with van der Waals surface area (Å²) in [6.07, 6.45) is 1.80. The van der Waals surface area contributed by atoms with E-state index in [1.54, 1.807) is 6.21 Å². The van der Waals surface area contributed by atoms with Crippen LogP contribution in [-0.2, 0) is 55.5 Å². The molecule has 22 heteroatoms. The molecule has 21 nitrogen and oxygen atoms in total. The summed E-state index contributed by atoms with van der Waals surface area (Å²) in [5, 5.41) is 24.6. The van der Waals surface area contributed by atoms with Gasteiger partial charge in [-0.3, -0.25) is 33.3 Å². The fourth-order valence-corrected chi connectivity index (χ4v) is 7.11. The summed E-state index contributed by atoms with van der Waals surface area (Å²) < 4.78 is 15.8. The fraction of sp³-hybridized carbons (Fsp3) is 0.556. The van der Waals surface area contributed by atoms with E-state index >= 15 is 0 Å². The van der Waals surface area contributed by atoms with Crippen molar-refractivity contribution in [1.82, 2.24) is 36.1 Å². The number of nitrogens with one attached hydrogen (secondary N) is 5. The van der Waals surface area contributed by atoms with Gasteiger partial charge in [-0.25, -0.2) is 9.55 Å². The number of aliphatic hydroxyl groups is 1. The van der Waals surface area contributed by atoms with Gasteiger partial charge in [0.2, 0.25) is 35.4 Å². The highest BCUT2D eigenvalue weighted by Crippen LogP contribution is 2.39. The molecule has 1 unspecified atom stereocenters. The average molecular weight is 834 g/mol. The van der Waals surface area contributed by atoms with E-state index in [0.29, 0.717) is 12.1 Å². The number of H-pyrrole nitrogens is 1. The number of rotatable bonds is 21. The van der Waals surface area contributed by atoms with Gasteiger partial charge in [0, 0.05) is 44.3 Å². The molecule has 318 valence electrons. The number of nitrogens with zero attached hydrogens (tertiary/aromatic N) is 3. The Morgan fingerprint density at radius 3 is 2.34 bits per heavy atom. The van der Waals surface area contributed by atoms with Crippen LogP contribution in [0.25, 0.3) is 0 Å². The fourth-order valence-electron chi connectivity index (χ4n) is 6.55. The van der Waals surface area contributed by atoms with Crippen molar-refractivity contribution in [2.45, 2.75) is 114 Å². The van der Waals surface area contributed by atoms with E-state index in [2.05, 4.69) is 40.9 Å². The van der Waals surface area contributed by atoms with E-state index in [4.69, 9.17) is 20.4 Å². The van der Waals surface area contributed by atoms with Crippen LogP contribution in [0.2, 0.25) is 0 Å². The lowest BCUT2D eigenvalue weighted by Gasteiger charge is -2.28. The summed E-state index contributed by atoms with van der Waals surface area (Å²) in [7, 11) is -5.11. The van der Waals surface area contributed by atoms with Gasteiger partial charge in [-0.15, -0.1) is 0 Å². The molecule has 1 aromatic carbocycles. The average Bonchev–Trinajstić information content (AvgIpc) is 3.46.